The summed E-state index contributed by atoms with van der Waals surface area (Å²) < 4.78 is 14.2. The number of benzene rings is 1. The van der Waals surface area contributed by atoms with E-state index in [-0.39, 0.29) is 5.82 Å². The largest absolute Gasteiger partial charge is 0.375 e. The maximum Gasteiger partial charge on any atom is 0.181 e. The van der Waals surface area contributed by atoms with Crippen molar-refractivity contribution in [1.29, 1.82) is 0 Å². The van der Waals surface area contributed by atoms with E-state index < -0.39 is 0 Å². The third kappa shape index (κ3) is 1.59. The van der Waals surface area contributed by atoms with Crippen LogP contribution >= 0.6 is 11.3 Å². The summed E-state index contributed by atoms with van der Waals surface area (Å²) in [6.07, 6.45) is 0. The number of halogens is 1. The predicted octanol–water partition coefficient (Wildman–Crippen LogP) is 3.45. The summed E-state index contributed by atoms with van der Waals surface area (Å²) in [7, 11) is 0. The molecule has 2 rings (SSSR count). The van der Waals surface area contributed by atoms with E-state index in [0.29, 0.717) is 15.7 Å². The lowest BCUT2D eigenvalue weighted by molar-refractivity contribution is 0.639. The third-order valence-corrected chi connectivity index (χ3v) is 3.35. The molecule has 2 aromatic rings. The molecular formula is C11H13FN2S. The van der Waals surface area contributed by atoms with Crippen LogP contribution in [0.15, 0.2) is 6.07 Å². The molecule has 0 spiro atoms. The second-order valence-corrected chi connectivity index (χ2v) is 5.00. The van der Waals surface area contributed by atoms with E-state index in [1.165, 1.54) is 11.3 Å². The monoisotopic (exact) mass is 224 g/mol. The highest BCUT2D eigenvalue weighted by atomic mass is 32.1. The van der Waals surface area contributed by atoms with Gasteiger partial charge in [-0.2, -0.15) is 0 Å². The van der Waals surface area contributed by atoms with Gasteiger partial charge in [-0.15, -0.1) is 0 Å². The second-order valence-electron chi connectivity index (χ2n) is 3.97. The Labute approximate surface area is 91.9 Å². The fourth-order valence-electron chi connectivity index (χ4n) is 1.93. The Hall–Kier alpha value is -1.16. The predicted molar refractivity (Wildman–Crippen MR) is 62.8 cm³/mol. The van der Waals surface area contributed by atoms with Crippen molar-refractivity contribution in [2.75, 3.05) is 5.73 Å². The van der Waals surface area contributed by atoms with Gasteiger partial charge in [0.1, 0.15) is 5.82 Å². The molecule has 80 valence electrons. The number of nitrogens with two attached hydrogens (primary N) is 1. The first-order valence-corrected chi connectivity index (χ1v) is 5.67. The maximum atomic E-state index is 13.6. The number of hydrogen-bond donors (Lipinski definition) is 1. The first kappa shape index (κ1) is 10.4. The quantitative estimate of drug-likeness (QED) is 0.805. The van der Waals surface area contributed by atoms with Gasteiger partial charge < -0.3 is 5.73 Å². The van der Waals surface area contributed by atoms with E-state index in [1.807, 2.05) is 6.92 Å². The number of nitrogens with zero attached hydrogens (tertiary/aromatic N) is 1. The molecule has 2 nitrogen and oxygen atoms in total. The summed E-state index contributed by atoms with van der Waals surface area (Å²) in [6, 6.07) is 1.56. The highest BCUT2D eigenvalue weighted by Gasteiger charge is 2.16. The van der Waals surface area contributed by atoms with E-state index in [9.17, 15) is 4.39 Å². The third-order valence-electron chi connectivity index (χ3n) is 2.46. The van der Waals surface area contributed by atoms with Crippen molar-refractivity contribution >= 4 is 26.7 Å². The lowest BCUT2D eigenvalue weighted by atomic mass is 9.97. The van der Waals surface area contributed by atoms with Gasteiger partial charge in [-0.05, 0) is 30.0 Å². The van der Waals surface area contributed by atoms with Crippen molar-refractivity contribution in [2.45, 2.75) is 26.7 Å². The standard InChI is InChI=1S/C11H13FN2S/c1-5(2)8-6(3)4-7(12)10-9(8)14-11(13)15-10/h4-5H,1-3H3,(H2,13,14). The van der Waals surface area contributed by atoms with Gasteiger partial charge in [0.15, 0.2) is 5.13 Å². The Morgan fingerprint density at radius 2 is 2.13 bits per heavy atom. The van der Waals surface area contributed by atoms with Crippen LogP contribution in [0.3, 0.4) is 0 Å². The molecule has 0 saturated heterocycles. The molecule has 0 radical (unpaired) electrons. The Morgan fingerprint density at radius 3 is 2.73 bits per heavy atom. The molecule has 0 atom stereocenters. The SMILES string of the molecule is Cc1cc(F)c2sc(N)nc2c1C(C)C. The van der Waals surface area contributed by atoms with Crippen molar-refractivity contribution in [3.05, 3.63) is 23.0 Å². The van der Waals surface area contributed by atoms with Crippen molar-refractivity contribution < 1.29 is 4.39 Å². The highest BCUT2D eigenvalue weighted by Crippen LogP contribution is 2.34. The van der Waals surface area contributed by atoms with Crippen LogP contribution < -0.4 is 5.73 Å². The molecule has 0 unspecified atom stereocenters. The number of aryl methyl sites for hydroxylation is 1. The van der Waals surface area contributed by atoms with Gasteiger partial charge in [0, 0.05) is 0 Å². The van der Waals surface area contributed by atoms with Crippen molar-refractivity contribution in [3.63, 3.8) is 0 Å². The van der Waals surface area contributed by atoms with Crippen molar-refractivity contribution in [3.8, 4) is 0 Å². The average Bonchev–Trinajstić information content (AvgIpc) is 2.45. The van der Waals surface area contributed by atoms with E-state index in [4.69, 9.17) is 5.73 Å². The van der Waals surface area contributed by atoms with Crippen LogP contribution in [0.1, 0.15) is 30.9 Å². The van der Waals surface area contributed by atoms with E-state index >= 15 is 0 Å². The number of aromatic nitrogens is 1. The van der Waals surface area contributed by atoms with Gasteiger partial charge >= 0.3 is 0 Å². The normalized spacial score (nSPS) is 11.5. The summed E-state index contributed by atoms with van der Waals surface area (Å²) in [5.41, 5.74) is 8.39. The molecule has 0 aliphatic heterocycles. The number of nitrogen functional groups attached to an aromatic ring is 1. The topological polar surface area (TPSA) is 38.9 Å². The molecular weight excluding hydrogens is 211 g/mol. The molecule has 1 aromatic heterocycles. The van der Waals surface area contributed by atoms with E-state index in [2.05, 4.69) is 18.8 Å². The summed E-state index contributed by atoms with van der Waals surface area (Å²) in [4.78, 5) is 4.21. The summed E-state index contributed by atoms with van der Waals surface area (Å²) in [5, 5.41) is 0.427. The molecule has 1 heterocycles. The second kappa shape index (κ2) is 3.45. The molecule has 0 aliphatic rings. The first-order chi connectivity index (χ1) is 7.00. The Bertz CT molecular complexity index is 517. The van der Waals surface area contributed by atoms with Crippen molar-refractivity contribution in [1.82, 2.24) is 4.98 Å². The minimum atomic E-state index is -0.221. The number of rotatable bonds is 1. The number of thiazole rings is 1. The van der Waals surface area contributed by atoms with Crippen LogP contribution in [-0.2, 0) is 0 Å². The summed E-state index contributed by atoms with van der Waals surface area (Å²) in [5.74, 6) is 0.107. The average molecular weight is 224 g/mol. The van der Waals surface area contributed by atoms with Crippen LogP contribution in [0, 0.1) is 12.7 Å². The molecule has 2 N–H and O–H groups in total. The van der Waals surface area contributed by atoms with Gasteiger partial charge in [-0.1, -0.05) is 25.2 Å². The van der Waals surface area contributed by atoms with Gasteiger partial charge in [0.25, 0.3) is 0 Å². The number of fused-ring (bicyclic) bond motifs is 1. The molecule has 0 fully saturated rings. The molecule has 4 heteroatoms. The lowest BCUT2D eigenvalue weighted by Crippen LogP contribution is -1.95. The maximum absolute atomic E-state index is 13.6. The van der Waals surface area contributed by atoms with E-state index in [1.54, 1.807) is 6.07 Å². The zero-order chi connectivity index (χ0) is 11.2. The Kier molecular flexibility index (Phi) is 2.38. The molecule has 0 bridgehead atoms. The minimum absolute atomic E-state index is 0.221. The zero-order valence-corrected chi connectivity index (χ0v) is 9.78. The van der Waals surface area contributed by atoms with Crippen LogP contribution in [0.4, 0.5) is 9.52 Å². The van der Waals surface area contributed by atoms with Gasteiger partial charge in [0.2, 0.25) is 0 Å². The van der Waals surface area contributed by atoms with Gasteiger partial charge in [-0.25, -0.2) is 9.37 Å². The first-order valence-electron chi connectivity index (χ1n) is 4.85. The fourth-order valence-corrected chi connectivity index (χ4v) is 2.68. The van der Waals surface area contributed by atoms with Crippen LogP contribution in [-0.4, -0.2) is 4.98 Å². The number of anilines is 1. The molecule has 1 aromatic carbocycles. The van der Waals surface area contributed by atoms with Crippen molar-refractivity contribution in [2.24, 2.45) is 0 Å². The molecule has 0 aliphatic carbocycles. The minimum Gasteiger partial charge on any atom is -0.375 e. The summed E-state index contributed by atoms with van der Waals surface area (Å²) in [6.45, 7) is 6.07. The van der Waals surface area contributed by atoms with Crippen LogP contribution in [0.25, 0.3) is 10.2 Å². The highest BCUT2D eigenvalue weighted by molar-refractivity contribution is 7.22. The smallest absolute Gasteiger partial charge is 0.181 e. The number of hydrogen-bond acceptors (Lipinski definition) is 3. The molecule has 15 heavy (non-hydrogen) atoms. The lowest BCUT2D eigenvalue weighted by Gasteiger charge is -2.10. The summed E-state index contributed by atoms with van der Waals surface area (Å²) >= 11 is 1.21. The van der Waals surface area contributed by atoms with E-state index in [0.717, 1.165) is 16.6 Å². The van der Waals surface area contributed by atoms with Crippen LogP contribution in [0.2, 0.25) is 0 Å². The Balaban J connectivity index is 2.89. The Morgan fingerprint density at radius 1 is 1.47 bits per heavy atom. The van der Waals surface area contributed by atoms with Crippen LogP contribution in [0.5, 0.6) is 0 Å². The fraction of sp³-hybridized carbons (Fsp3) is 0.364. The zero-order valence-electron chi connectivity index (χ0n) is 8.97. The van der Waals surface area contributed by atoms with Gasteiger partial charge in [0.05, 0.1) is 10.2 Å². The molecule has 0 amide bonds. The molecule has 0 saturated carbocycles. The van der Waals surface area contributed by atoms with Gasteiger partial charge in [-0.3, -0.25) is 0 Å².